The minimum Gasteiger partial charge on any atom is -0.383 e. The molecule has 0 aromatic heterocycles. The second-order valence-corrected chi connectivity index (χ2v) is 2.06. The second-order valence-electron chi connectivity index (χ2n) is 2.06. The molecule has 3 nitrogen and oxygen atoms in total. The summed E-state index contributed by atoms with van der Waals surface area (Å²) in [5.74, 6) is -0.0143. The van der Waals surface area contributed by atoms with Crippen LogP contribution in [0.2, 0.25) is 0 Å². The number of nitrogens with one attached hydrogen (secondary N) is 1. The van der Waals surface area contributed by atoms with Crippen LogP contribution in [0.3, 0.4) is 0 Å². The molecular weight excluding hydrogens is 118 g/mol. The fraction of sp³-hybridized carbons (Fsp3) is 0.833. The molecule has 0 saturated carbocycles. The molecule has 0 aromatic rings. The van der Waals surface area contributed by atoms with Crippen molar-refractivity contribution in [3.8, 4) is 0 Å². The third-order valence-electron chi connectivity index (χ3n) is 0.866. The zero-order chi connectivity index (χ0) is 7.28. The fourth-order valence-electron chi connectivity index (χ4n) is 0.639. The molecule has 1 N–H and O–H groups in total. The molecule has 0 heterocycles. The fourth-order valence-corrected chi connectivity index (χ4v) is 0.639. The number of rotatable bonds is 3. The van der Waals surface area contributed by atoms with Crippen LogP contribution in [-0.2, 0) is 9.53 Å². The van der Waals surface area contributed by atoms with Gasteiger partial charge in [0.2, 0.25) is 5.91 Å². The van der Waals surface area contributed by atoms with Crippen molar-refractivity contribution in [1.29, 1.82) is 0 Å². The maximum absolute atomic E-state index is 10.4. The predicted octanol–water partition coefficient (Wildman–Crippen LogP) is 0.157. The average molecular weight is 131 g/mol. The van der Waals surface area contributed by atoms with Gasteiger partial charge in [-0.3, -0.25) is 4.79 Å². The number of methoxy groups -OCH3 is 1. The molecule has 0 aliphatic heterocycles. The van der Waals surface area contributed by atoms with E-state index in [0.29, 0.717) is 6.61 Å². The second kappa shape index (κ2) is 4.32. The van der Waals surface area contributed by atoms with Crippen LogP contribution in [0.5, 0.6) is 0 Å². The first-order chi connectivity index (χ1) is 4.16. The molecular formula is C6H13NO2. The summed E-state index contributed by atoms with van der Waals surface area (Å²) in [4.78, 5) is 10.4. The molecule has 0 fully saturated rings. The number of hydrogen-bond donors (Lipinski definition) is 1. The highest BCUT2D eigenvalue weighted by Crippen LogP contribution is 1.80. The summed E-state index contributed by atoms with van der Waals surface area (Å²) in [6.45, 7) is 3.96. The van der Waals surface area contributed by atoms with Gasteiger partial charge in [0.1, 0.15) is 0 Å². The number of carbonyl (C=O) groups is 1. The van der Waals surface area contributed by atoms with Crippen LogP contribution in [0.1, 0.15) is 13.8 Å². The van der Waals surface area contributed by atoms with Gasteiger partial charge in [-0.15, -0.1) is 0 Å². The van der Waals surface area contributed by atoms with Crippen LogP contribution in [0.15, 0.2) is 0 Å². The molecule has 0 rings (SSSR count). The van der Waals surface area contributed by atoms with Crippen LogP contribution < -0.4 is 5.32 Å². The number of hydrogen-bond acceptors (Lipinski definition) is 2. The predicted molar refractivity (Wildman–Crippen MR) is 35.2 cm³/mol. The molecule has 0 spiro atoms. The smallest absolute Gasteiger partial charge is 0.217 e. The van der Waals surface area contributed by atoms with Crippen molar-refractivity contribution >= 4 is 5.91 Å². The quantitative estimate of drug-likeness (QED) is 0.592. The van der Waals surface area contributed by atoms with Crippen LogP contribution in [-0.4, -0.2) is 25.7 Å². The highest BCUT2D eigenvalue weighted by atomic mass is 16.5. The van der Waals surface area contributed by atoms with E-state index in [1.807, 2.05) is 6.92 Å². The van der Waals surface area contributed by atoms with Gasteiger partial charge in [-0.1, -0.05) is 0 Å². The summed E-state index contributed by atoms with van der Waals surface area (Å²) >= 11 is 0. The summed E-state index contributed by atoms with van der Waals surface area (Å²) in [5, 5.41) is 2.68. The topological polar surface area (TPSA) is 38.3 Å². The lowest BCUT2D eigenvalue weighted by Gasteiger charge is -2.09. The van der Waals surface area contributed by atoms with E-state index in [1.54, 1.807) is 7.11 Å². The molecule has 3 heteroatoms. The van der Waals surface area contributed by atoms with Crippen molar-refractivity contribution in [2.75, 3.05) is 13.7 Å². The highest BCUT2D eigenvalue weighted by Gasteiger charge is 1.99. The van der Waals surface area contributed by atoms with Crippen molar-refractivity contribution in [1.82, 2.24) is 5.32 Å². The van der Waals surface area contributed by atoms with Crippen LogP contribution >= 0.6 is 0 Å². The van der Waals surface area contributed by atoms with Gasteiger partial charge in [-0.05, 0) is 6.92 Å². The molecule has 1 amide bonds. The van der Waals surface area contributed by atoms with Crippen molar-refractivity contribution in [2.24, 2.45) is 0 Å². The maximum Gasteiger partial charge on any atom is 0.217 e. The van der Waals surface area contributed by atoms with Gasteiger partial charge < -0.3 is 10.1 Å². The van der Waals surface area contributed by atoms with E-state index in [9.17, 15) is 4.79 Å². The lowest BCUT2D eigenvalue weighted by atomic mass is 10.3. The van der Waals surface area contributed by atoms with E-state index in [-0.39, 0.29) is 11.9 Å². The Hall–Kier alpha value is -0.570. The Morgan fingerprint density at radius 2 is 2.33 bits per heavy atom. The summed E-state index contributed by atoms with van der Waals surface area (Å²) in [6, 6.07) is 0.118. The van der Waals surface area contributed by atoms with Gasteiger partial charge in [0.25, 0.3) is 0 Å². The van der Waals surface area contributed by atoms with Crippen LogP contribution in [0.25, 0.3) is 0 Å². The van der Waals surface area contributed by atoms with Crippen molar-refractivity contribution in [2.45, 2.75) is 19.9 Å². The lowest BCUT2D eigenvalue weighted by molar-refractivity contribution is -0.119. The zero-order valence-corrected chi connectivity index (χ0v) is 6.10. The van der Waals surface area contributed by atoms with Gasteiger partial charge in [0.05, 0.1) is 6.61 Å². The van der Waals surface area contributed by atoms with Crippen molar-refractivity contribution in [3.63, 3.8) is 0 Å². The Bertz CT molecular complexity index is 93.1. The van der Waals surface area contributed by atoms with E-state index >= 15 is 0 Å². The first kappa shape index (κ1) is 8.43. The normalized spacial score (nSPS) is 12.8. The molecule has 0 bridgehead atoms. The van der Waals surface area contributed by atoms with E-state index in [0.717, 1.165) is 0 Å². The Morgan fingerprint density at radius 1 is 1.78 bits per heavy atom. The van der Waals surface area contributed by atoms with Gasteiger partial charge in [-0.2, -0.15) is 0 Å². The summed E-state index contributed by atoms with van der Waals surface area (Å²) in [7, 11) is 1.61. The highest BCUT2D eigenvalue weighted by molar-refractivity contribution is 5.73. The third kappa shape index (κ3) is 5.30. The molecule has 1 unspecified atom stereocenters. The SMILES string of the molecule is COCC(C)NC(C)=O. The molecule has 1 atom stereocenters. The Kier molecular flexibility index (Phi) is 4.05. The zero-order valence-electron chi connectivity index (χ0n) is 6.10. The Balaban J connectivity index is 3.26. The minimum atomic E-state index is -0.0143. The van der Waals surface area contributed by atoms with Crippen molar-refractivity contribution < 1.29 is 9.53 Å². The molecule has 0 aliphatic carbocycles. The van der Waals surface area contributed by atoms with E-state index in [1.165, 1.54) is 6.92 Å². The van der Waals surface area contributed by atoms with E-state index in [4.69, 9.17) is 4.74 Å². The van der Waals surface area contributed by atoms with Crippen molar-refractivity contribution in [3.05, 3.63) is 0 Å². The molecule has 0 aliphatic rings. The van der Waals surface area contributed by atoms with E-state index in [2.05, 4.69) is 5.32 Å². The average Bonchev–Trinajstić information content (AvgIpc) is 1.63. The number of ether oxygens (including phenoxy) is 1. The number of amides is 1. The summed E-state index contributed by atoms with van der Waals surface area (Å²) < 4.78 is 4.79. The first-order valence-electron chi connectivity index (χ1n) is 2.93. The van der Waals surface area contributed by atoms with Crippen LogP contribution in [0.4, 0.5) is 0 Å². The first-order valence-corrected chi connectivity index (χ1v) is 2.93. The van der Waals surface area contributed by atoms with Crippen LogP contribution in [0, 0.1) is 0 Å². The Labute approximate surface area is 55.4 Å². The molecule has 54 valence electrons. The Morgan fingerprint density at radius 3 is 2.67 bits per heavy atom. The summed E-state index contributed by atoms with van der Waals surface area (Å²) in [6.07, 6.45) is 0. The number of carbonyl (C=O) groups excluding carboxylic acids is 1. The summed E-state index contributed by atoms with van der Waals surface area (Å²) in [5.41, 5.74) is 0. The van der Waals surface area contributed by atoms with Gasteiger partial charge >= 0.3 is 0 Å². The third-order valence-corrected chi connectivity index (χ3v) is 0.866. The lowest BCUT2D eigenvalue weighted by Crippen LogP contribution is -2.33. The van der Waals surface area contributed by atoms with Gasteiger partial charge in [0.15, 0.2) is 0 Å². The van der Waals surface area contributed by atoms with Gasteiger partial charge in [-0.25, -0.2) is 0 Å². The molecule has 0 radical (unpaired) electrons. The molecule has 0 saturated heterocycles. The van der Waals surface area contributed by atoms with Gasteiger partial charge in [0, 0.05) is 20.1 Å². The largest absolute Gasteiger partial charge is 0.383 e. The minimum absolute atomic E-state index is 0.0143. The molecule has 9 heavy (non-hydrogen) atoms. The monoisotopic (exact) mass is 131 g/mol. The standard InChI is InChI=1S/C6H13NO2/c1-5(4-9-3)7-6(2)8/h5H,4H2,1-3H3,(H,7,8). The maximum atomic E-state index is 10.4. The van der Waals surface area contributed by atoms with E-state index < -0.39 is 0 Å². The molecule has 0 aromatic carbocycles.